The Morgan fingerprint density at radius 1 is 1.07 bits per heavy atom. The Bertz CT molecular complexity index is 1020. The molecule has 0 bridgehead atoms. The highest BCUT2D eigenvalue weighted by Crippen LogP contribution is 2.29. The minimum Gasteiger partial charge on any atom is -0.411 e. The lowest BCUT2D eigenvalue weighted by atomic mass is 10.1. The highest BCUT2D eigenvalue weighted by molar-refractivity contribution is 8.00. The molecule has 1 atom stereocenters. The molecule has 3 rings (SSSR count). The smallest absolute Gasteiger partial charge is 0.277 e. The number of Topliss-reactive ketones (excluding diaryl/α,β-unsaturated/α-hetero) is 1. The van der Waals surface area contributed by atoms with Crippen molar-refractivity contribution in [2.24, 2.45) is 5.92 Å². The first kappa shape index (κ1) is 21.1. The number of hydrogen-bond acceptors (Lipinski definition) is 6. The quantitative estimate of drug-likeness (QED) is 0.402. The van der Waals surface area contributed by atoms with E-state index in [1.54, 1.807) is 49.4 Å². The van der Waals surface area contributed by atoms with Crippen molar-refractivity contribution in [2.45, 2.75) is 31.2 Å². The number of ketones is 1. The number of rotatable bonds is 7. The van der Waals surface area contributed by atoms with Crippen LogP contribution in [0.2, 0.25) is 5.02 Å². The first-order valence-electron chi connectivity index (χ1n) is 9.04. The first-order valence-corrected chi connectivity index (χ1v) is 10.3. The Hall–Kier alpha value is -2.64. The zero-order valence-corrected chi connectivity index (χ0v) is 17.8. The van der Waals surface area contributed by atoms with Gasteiger partial charge in [0.15, 0.2) is 5.78 Å². The van der Waals surface area contributed by atoms with E-state index >= 15 is 0 Å². The maximum Gasteiger partial charge on any atom is 0.277 e. The molecule has 3 aromatic rings. The molecule has 1 amide bonds. The van der Waals surface area contributed by atoms with Crippen LogP contribution in [0.3, 0.4) is 0 Å². The summed E-state index contributed by atoms with van der Waals surface area (Å²) < 4.78 is 5.65. The standard InChI is InChI=1S/C21H20ClN3O3S/c1-12(2)19(27)23-17-9-7-14(8-10-17)18(26)13(3)29-21-25-24-20(28-21)15-5-4-6-16(22)11-15/h4-13H,1-3H3,(H,23,27). The van der Waals surface area contributed by atoms with Gasteiger partial charge in [-0.15, -0.1) is 10.2 Å². The molecule has 0 fully saturated rings. The molecular formula is C21H20ClN3O3S. The molecule has 0 saturated heterocycles. The van der Waals surface area contributed by atoms with Crippen molar-refractivity contribution in [1.29, 1.82) is 0 Å². The minimum absolute atomic E-state index is 0.0695. The van der Waals surface area contributed by atoms with Gasteiger partial charge >= 0.3 is 0 Å². The van der Waals surface area contributed by atoms with Gasteiger partial charge in [0.25, 0.3) is 5.22 Å². The summed E-state index contributed by atoms with van der Waals surface area (Å²) in [6, 6.07) is 13.9. The average molecular weight is 430 g/mol. The van der Waals surface area contributed by atoms with E-state index in [1.807, 2.05) is 19.9 Å². The van der Waals surface area contributed by atoms with Crippen LogP contribution in [-0.2, 0) is 4.79 Å². The van der Waals surface area contributed by atoms with Gasteiger partial charge in [0, 0.05) is 27.8 Å². The predicted octanol–water partition coefficient (Wildman–Crippen LogP) is 5.35. The Kier molecular flexibility index (Phi) is 6.71. The number of aromatic nitrogens is 2. The number of carbonyl (C=O) groups excluding carboxylic acids is 2. The van der Waals surface area contributed by atoms with Crippen molar-refractivity contribution < 1.29 is 14.0 Å². The van der Waals surface area contributed by atoms with Crippen LogP contribution in [-0.4, -0.2) is 27.1 Å². The molecule has 0 saturated carbocycles. The molecule has 29 heavy (non-hydrogen) atoms. The number of anilines is 1. The predicted molar refractivity (Wildman–Crippen MR) is 114 cm³/mol. The Balaban J connectivity index is 1.64. The van der Waals surface area contributed by atoms with Gasteiger partial charge in [0.05, 0.1) is 5.25 Å². The molecule has 2 aromatic carbocycles. The lowest BCUT2D eigenvalue weighted by Gasteiger charge is -2.10. The summed E-state index contributed by atoms with van der Waals surface area (Å²) in [5, 5.41) is 11.3. The number of nitrogens with zero attached hydrogens (tertiary/aromatic N) is 2. The summed E-state index contributed by atoms with van der Waals surface area (Å²) in [6.07, 6.45) is 0. The topological polar surface area (TPSA) is 85.1 Å². The summed E-state index contributed by atoms with van der Waals surface area (Å²) in [4.78, 5) is 24.5. The van der Waals surface area contributed by atoms with Crippen molar-refractivity contribution in [3.63, 3.8) is 0 Å². The van der Waals surface area contributed by atoms with Gasteiger partial charge in [-0.25, -0.2) is 0 Å². The van der Waals surface area contributed by atoms with E-state index in [0.29, 0.717) is 27.4 Å². The lowest BCUT2D eigenvalue weighted by Crippen LogP contribution is -2.18. The summed E-state index contributed by atoms with van der Waals surface area (Å²) in [5.74, 6) is 0.0954. The number of benzene rings is 2. The SMILES string of the molecule is CC(C)C(=O)Nc1ccc(C(=O)C(C)Sc2nnc(-c3cccc(Cl)c3)o2)cc1. The molecule has 6 nitrogen and oxygen atoms in total. The zero-order chi connectivity index (χ0) is 21.0. The number of amides is 1. The fourth-order valence-electron chi connectivity index (χ4n) is 2.44. The van der Waals surface area contributed by atoms with Crippen LogP contribution < -0.4 is 5.32 Å². The Labute approximate surface area is 178 Å². The van der Waals surface area contributed by atoms with Gasteiger partial charge in [0.1, 0.15) is 0 Å². The van der Waals surface area contributed by atoms with Crippen LogP contribution in [0.15, 0.2) is 58.2 Å². The molecule has 150 valence electrons. The van der Waals surface area contributed by atoms with Crippen LogP contribution in [0.1, 0.15) is 31.1 Å². The van der Waals surface area contributed by atoms with Crippen molar-refractivity contribution in [2.75, 3.05) is 5.32 Å². The largest absolute Gasteiger partial charge is 0.411 e. The third-order valence-electron chi connectivity index (χ3n) is 4.09. The van der Waals surface area contributed by atoms with Crippen LogP contribution in [0.25, 0.3) is 11.5 Å². The van der Waals surface area contributed by atoms with Gasteiger partial charge in [0.2, 0.25) is 11.8 Å². The second-order valence-electron chi connectivity index (χ2n) is 6.73. The maximum absolute atomic E-state index is 12.7. The number of nitrogens with one attached hydrogen (secondary N) is 1. The van der Waals surface area contributed by atoms with Crippen molar-refractivity contribution in [3.05, 3.63) is 59.1 Å². The highest BCUT2D eigenvalue weighted by Gasteiger charge is 2.20. The molecule has 1 heterocycles. The van der Waals surface area contributed by atoms with Crippen molar-refractivity contribution in [3.8, 4) is 11.5 Å². The van der Waals surface area contributed by atoms with Crippen LogP contribution >= 0.6 is 23.4 Å². The number of thioether (sulfide) groups is 1. The minimum atomic E-state index is -0.418. The van der Waals surface area contributed by atoms with Gasteiger partial charge in [-0.2, -0.15) is 0 Å². The van der Waals surface area contributed by atoms with E-state index in [9.17, 15) is 9.59 Å². The van der Waals surface area contributed by atoms with E-state index < -0.39 is 5.25 Å². The van der Waals surface area contributed by atoms with Crippen LogP contribution in [0, 0.1) is 5.92 Å². The molecule has 1 aromatic heterocycles. The zero-order valence-electron chi connectivity index (χ0n) is 16.2. The van der Waals surface area contributed by atoms with E-state index in [4.69, 9.17) is 16.0 Å². The van der Waals surface area contributed by atoms with Crippen LogP contribution in [0.5, 0.6) is 0 Å². The number of carbonyl (C=O) groups is 2. The van der Waals surface area contributed by atoms with Gasteiger partial charge in [-0.05, 0) is 49.4 Å². The van der Waals surface area contributed by atoms with E-state index in [1.165, 1.54) is 11.8 Å². The second kappa shape index (κ2) is 9.24. The molecule has 0 aliphatic heterocycles. The number of halogens is 1. The van der Waals surface area contributed by atoms with E-state index in [0.717, 1.165) is 5.56 Å². The second-order valence-corrected chi connectivity index (χ2v) is 8.46. The van der Waals surface area contributed by atoms with E-state index in [-0.39, 0.29) is 17.6 Å². The average Bonchev–Trinajstić information content (AvgIpc) is 3.16. The van der Waals surface area contributed by atoms with Gasteiger partial charge in [-0.1, -0.05) is 43.3 Å². The fourth-order valence-corrected chi connectivity index (χ4v) is 3.39. The molecular weight excluding hydrogens is 410 g/mol. The molecule has 1 N–H and O–H groups in total. The molecule has 0 aliphatic rings. The monoisotopic (exact) mass is 429 g/mol. The van der Waals surface area contributed by atoms with Crippen LogP contribution in [0.4, 0.5) is 5.69 Å². The number of hydrogen-bond donors (Lipinski definition) is 1. The normalized spacial score (nSPS) is 12.0. The molecule has 1 unspecified atom stereocenters. The molecule has 8 heteroatoms. The Morgan fingerprint density at radius 2 is 1.79 bits per heavy atom. The molecule has 0 radical (unpaired) electrons. The van der Waals surface area contributed by atoms with Crippen molar-refractivity contribution in [1.82, 2.24) is 10.2 Å². The van der Waals surface area contributed by atoms with Crippen molar-refractivity contribution >= 4 is 40.7 Å². The summed E-state index contributed by atoms with van der Waals surface area (Å²) >= 11 is 7.18. The van der Waals surface area contributed by atoms with Gasteiger partial charge < -0.3 is 9.73 Å². The summed E-state index contributed by atoms with van der Waals surface area (Å²) in [7, 11) is 0. The fraction of sp³-hybridized carbons (Fsp3) is 0.238. The van der Waals surface area contributed by atoms with E-state index in [2.05, 4.69) is 15.5 Å². The maximum atomic E-state index is 12.7. The third-order valence-corrected chi connectivity index (χ3v) is 5.26. The lowest BCUT2D eigenvalue weighted by molar-refractivity contribution is -0.118. The Morgan fingerprint density at radius 3 is 2.45 bits per heavy atom. The molecule has 0 spiro atoms. The third kappa shape index (κ3) is 5.46. The van der Waals surface area contributed by atoms with Gasteiger partial charge in [-0.3, -0.25) is 9.59 Å². The highest BCUT2D eigenvalue weighted by atomic mass is 35.5. The molecule has 0 aliphatic carbocycles. The summed E-state index contributed by atoms with van der Waals surface area (Å²) in [6.45, 7) is 5.42. The summed E-state index contributed by atoms with van der Waals surface area (Å²) in [5.41, 5.74) is 1.92. The first-order chi connectivity index (χ1) is 13.8.